The van der Waals surface area contributed by atoms with E-state index in [1.165, 1.54) is 5.56 Å². The van der Waals surface area contributed by atoms with Gasteiger partial charge in [0.15, 0.2) is 0 Å². The maximum atomic E-state index is 9.48. The van der Waals surface area contributed by atoms with Gasteiger partial charge in [0.1, 0.15) is 5.75 Å². The zero-order valence-corrected chi connectivity index (χ0v) is 10.9. The summed E-state index contributed by atoms with van der Waals surface area (Å²) in [4.78, 5) is 0. The number of phenolic OH excluding ortho intramolecular Hbond substituents is 1. The number of rotatable bonds is 2. The van der Waals surface area contributed by atoms with Crippen molar-refractivity contribution in [3.8, 4) is 5.75 Å². The van der Waals surface area contributed by atoms with Gasteiger partial charge >= 0.3 is 0 Å². The lowest BCUT2D eigenvalue weighted by atomic mass is 9.90. The van der Waals surface area contributed by atoms with Crippen molar-refractivity contribution < 1.29 is 5.11 Å². The molecule has 0 aromatic heterocycles. The minimum absolute atomic E-state index is 0.155. The van der Waals surface area contributed by atoms with Crippen molar-refractivity contribution in [2.24, 2.45) is 0 Å². The lowest BCUT2D eigenvalue weighted by molar-refractivity contribution is 0.399. The van der Waals surface area contributed by atoms with Crippen LogP contribution in [0, 0.1) is 0 Å². The Balaban J connectivity index is 2.12. The molecule has 1 aromatic rings. The Labute approximate surface area is 103 Å². The van der Waals surface area contributed by atoms with Gasteiger partial charge in [-0.3, -0.25) is 0 Å². The predicted octanol–water partition coefficient (Wildman–Crippen LogP) is 2.68. The first kappa shape index (κ1) is 12.2. The van der Waals surface area contributed by atoms with Gasteiger partial charge in [-0.05, 0) is 38.8 Å². The van der Waals surface area contributed by atoms with Crippen molar-refractivity contribution in [1.82, 2.24) is 5.32 Å². The van der Waals surface area contributed by atoms with Crippen LogP contribution in [0.15, 0.2) is 18.2 Å². The summed E-state index contributed by atoms with van der Waals surface area (Å²) < 4.78 is 0. The van der Waals surface area contributed by atoms with Gasteiger partial charge in [-0.2, -0.15) is 0 Å². The van der Waals surface area contributed by atoms with Crippen LogP contribution in [-0.4, -0.2) is 23.7 Å². The number of benzene rings is 1. The quantitative estimate of drug-likeness (QED) is 0.737. The van der Waals surface area contributed by atoms with Gasteiger partial charge in [-0.25, -0.2) is 0 Å². The van der Waals surface area contributed by atoms with Gasteiger partial charge in [0.2, 0.25) is 0 Å². The van der Waals surface area contributed by atoms with E-state index in [4.69, 9.17) is 0 Å². The smallest absolute Gasteiger partial charge is 0.117 e. The molecule has 0 aliphatic carbocycles. The Kier molecular flexibility index (Phi) is 3.29. The van der Waals surface area contributed by atoms with E-state index in [9.17, 15) is 5.11 Å². The van der Waals surface area contributed by atoms with Crippen LogP contribution in [0.4, 0.5) is 5.69 Å². The Hall–Kier alpha value is -1.22. The Morgan fingerprint density at radius 3 is 2.88 bits per heavy atom. The van der Waals surface area contributed by atoms with Gasteiger partial charge in [0, 0.05) is 36.3 Å². The molecule has 3 nitrogen and oxygen atoms in total. The average molecular weight is 234 g/mol. The van der Waals surface area contributed by atoms with Crippen molar-refractivity contribution >= 4 is 5.69 Å². The van der Waals surface area contributed by atoms with E-state index in [0.29, 0.717) is 11.7 Å². The fraction of sp³-hybridized carbons (Fsp3) is 0.571. The van der Waals surface area contributed by atoms with E-state index in [-0.39, 0.29) is 5.54 Å². The summed E-state index contributed by atoms with van der Waals surface area (Å²) in [6, 6.07) is 5.63. The van der Waals surface area contributed by atoms with E-state index in [1.54, 1.807) is 6.07 Å². The lowest BCUT2D eigenvalue weighted by Crippen LogP contribution is -2.39. The highest BCUT2D eigenvalue weighted by molar-refractivity contribution is 5.58. The molecule has 0 amide bonds. The molecular formula is C14H22N2O. The molecule has 3 N–H and O–H groups in total. The molecule has 0 saturated carbocycles. The second-order valence-corrected chi connectivity index (χ2v) is 5.81. The second kappa shape index (κ2) is 4.57. The number of hydrogen-bond donors (Lipinski definition) is 3. The molecule has 3 heteroatoms. The molecule has 1 aliphatic heterocycles. The van der Waals surface area contributed by atoms with Crippen LogP contribution in [-0.2, 0) is 0 Å². The highest BCUT2D eigenvalue weighted by Gasteiger charge is 2.21. The summed E-state index contributed by atoms with van der Waals surface area (Å²) in [6.07, 6.45) is 1.14. The number of aromatic hydroxyl groups is 1. The first-order chi connectivity index (χ1) is 7.96. The molecule has 94 valence electrons. The Morgan fingerprint density at radius 1 is 1.41 bits per heavy atom. The highest BCUT2D eigenvalue weighted by atomic mass is 16.3. The van der Waals surface area contributed by atoms with Crippen LogP contribution in [0.25, 0.3) is 0 Å². The van der Waals surface area contributed by atoms with Gasteiger partial charge < -0.3 is 15.7 Å². The standard InChI is InChI=1S/C14H22N2O/c1-14(2,3)16-9-10-6-7-15-13-8-11(17)4-5-12(10)13/h4-5,8,10,15-17H,6-7,9H2,1-3H3. The molecular weight excluding hydrogens is 212 g/mol. The second-order valence-electron chi connectivity index (χ2n) is 5.81. The first-order valence-corrected chi connectivity index (χ1v) is 6.27. The summed E-state index contributed by atoms with van der Waals surface area (Å²) in [6.45, 7) is 8.53. The Bertz CT molecular complexity index is 396. The highest BCUT2D eigenvalue weighted by Crippen LogP contribution is 2.33. The van der Waals surface area contributed by atoms with E-state index >= 15 is 0 Å². The minimum atomic E-state index is 0.155. The van der Waals surface area contributed by atoms with E-state index < -0.39 is 0 Å². The summed E-state index contributed by atoms with van der Waals surface area (Å²) in [7, 11) is 0. The van der Waals surface area contributed by atoms with Crippen LogP contribution in [0.1, 0.15) is 38.7 Å². The van der Waals surface area contributed by atoms with Crippen LogP contribution in [0.3, 0.4) is 0 Å². The predicted molar refractivity (Wildman–Crippen MR) is 71.7 cm³/mol. The van der Waals surface area contributed by atoms with Gasteiger partial charge in [0.25, 0.3) is 0 Å². The molecule has 1 heterocycles. The lowest BCUT2D eigenvalue weighted by Gasteiger charge is -2.30. The number of hydrogen-bond acceptors (Lipinski definition) is 3. The first-order valence-electron chi connectivity index (χ1n) is 6.27. The zero-order valence-electron chi connectivity index (χ0n) is 10.9. The summed E-state index contributed by atoms with van der Waals surface area (Å²) in [5.74, 6) is 0.867. The van der Waals surface area contributed by atoms with Crippen LogP contribution in [0.2, 0.25) is 0 Å². The van der Waals surface area contributed by atoms with E-state index in [0.717, 1.165) is 25.2 Å². The zero-order chi connectivity index (χ0) is 12.5. The van der Waals surface area contributed by atoms with Gasteiger partial charge in [-0.1, -0.05) is 6.07 Å². The molecule has 0 spiro atoms. The molecule has 0 radical (unpaired) electrons. The average Bonchev–Trinajstić information content (AvgIpc) is 2.24. The Morgan fingerprint density at radius 2 is 2.18 bits per heavy atom. The SMILES string of the molecule is CC(C)(C)NCC1CCNc2cc(O)ccc21. The molecule has 17 heavy (non-hydrogen) atoms. The number of nitrogens with one attached hydrogen (secondary N) is 2. The van der Waals surface area contributed by atoms with Crippen LogP contribution >= 0.6 is 0 Å². The van der Waals surface area contributed by atoms with Crippen LogP contribution in [0.5, 0.6) is 5.75 Å². The minimum Gasteiger partial charge on any atom is -0.508 e. The monoisotopic (exact) mass is 234 g/mol. The largest absolute Gasteiger partial charge is 0.508 e. The molecule has 1 aromatic carbocycles. The molecule has 1 atom stereocenters. The normalized spacial score (nSPS) is 19.6. The van der Waals surface area contributed by atoms with Crippen molar-refractivity contribution in [3.63, 3.8) is 0 Å². The fourth-order valence-electron chi connectivity index (χ4n) is 2.23. The summed E-state index contributed by atoms with van der Waals surface area (Å²) in [5.41, 5.74) is 2.55. The molecule has 2 rings (SSSR count). The third-order valence-electron chi connectivity index (χ3n) is 3.16. The third-order valence-corrected chi connectivity index (χ3v) is 3.16. The molecule has 1 unspecified atom stereocenters. The van der Waals surface area contributed by atoms with Gasteiger partial charge in [-0.15, -0.1) is 0 Å². The molecule has 0 bridgehead atoms. The third kappa shape index (κ3) is 3.13. The number of anilines is 1. The van der Waals surface area contributed by atoms with Gasteiger partial charge in [0.05, 0.1) is 0 Å². The molecule has 1 aliphatic rings. The summed E-state index contributed by atoms with van der Waals surface area (Å²) in [5, 5.41) is 16.4. The fourth-order valence-corrected chi connectivity index (χ4v) is 2.23. The molecule has 0 saturated heterocycles. The summed E-state index contributed by atoms with van der Waals surface area (Å²) >= 11 is 0. The van der Waals surface area contributed by atoms with E-state index in [2.05, 4.69) is 31.4 Å². The van der Waals surface area contributed by atoms with Crippen molar-refractivity contribution in [3.05, 3.63) is 23.8 Å². The van der Waals surface area contributed by atoms with Crippen LogP contribution < -0.4 is 10.6 Å². The maximum absolute atomic E-state index is 9.48. The van der Waals surface area contributed by atoms with Crippen molar-refractivity contribution in [2.75, 3.05) is 18.4 Å². The van der Waals surface area contributed by atoms with Crippen molar-refractivity contribution in [2.45, 2.75) is 38.6 Å². The van der Waals surface area contributed by atoms with E-state index in [1.807, 2.05) is 12.1 Å². The molecule has 0 fully saturated rings. The van der Waals surface area contributed by atoms with Crippen molar-refractivity contribution in [1.29, 1.82) is 0 Å². The number of phenols is 1. The topological polar surface area (TPSA) is 44.3 Å². The number of fused-ring (bicyclic) bond motifs is 1. The maximum Gasteiger partial charge on any atom is 0.117 e.